The first-order chi connectivity index (χ1) is 14.9. The van der Waals surface area contributed by atoms with Crippen molar-refractivity contribution in [2.24, 2.45) is 5.16 Å². The van der Waals surface area contributed by atoms with E-state index >= 15 is 0 Å². The van der Waals surface area contributed by atoms with Gasteiger partial charge in [-0.2, -0.15) is 0 Å². The third-order valence-corrected chi connectivity index (χ3v) is 6.07. The van der Waals surface area contributed by atoms with Crippen LogP contribution in [0.5, 0.6) is 0 Å². The number of oxime groups is 1. The van der Waals surface area contributed by atoms with Crippen LogP contribution in [0, 0.1) is 0 Å². The number of aliphatic carboxylic acids is 1. The number of anilines is 1. The number of urea groups is 1. The Morgan fingerprint density at radius 2 is 1.90 bits per heavy atom. The lowest BCUT2D eigenvalue weighted by molar-refractivity contribution is -0.148. The first-order valence-electron chi connectivity index (χ1n) is 9.45. The van der Waals surface area contributed by atoms with Crippen molar-refractivity contribution in [2.75, 3.05) is 17.6 Å². The number of benzene rings is 2. The number of carboxylic acid groups (broad SMARTS) is 1. The van der Waals surface area contributed by atoms with Crippen LogP contribution >= 0.6 is 11.8 Å². The Hall–Kier alpha value is -3.53. The summed E-state index contributed by atoms with van der Waals surface area (Å²) in [7, 11) is 0. The molecule has 31 heavy (non-hydrogen) atoms. The highest BCUT2D eigenvalue weighted by atomic mass is 32.2. The van der Waals surface area contributed by atoms with Crippen molar-refractivity contribution in [3.8, 4) is 0 Å². The molecule has 0 unspecified atom stereocenters. The number of carbonyl (C=O) groups excluding carboxylic acids is 2. The van der Waals surface area contributed by atoms with E-state index in [0.29, 0.717) is 17.0 Å². The molecular formula is C21H22N4O5S. The van der Waals surface area contributed by atoms with Crippen LogP contribution in [0.3, 0.4) is 0 Å². The molecule has 3 rings (SSSR count). The molecule has 1 heterocycles. The zero-order valence-electron chi connectivity index (χ0n) is 16.7. The lowest BCUT2D eigenvalue weighted by Gasteiger charge is -2.27. The fraction of sp³-hybridized carbons (Fsp3) is 0.238. The topological polar surface area (TPSA) is 131 Å². The van der Waals surface area contributed by atoms with E-state index in [1.54, 1.807) is 31.2 Å². The first-order valence-corrected chi connectivity index (χ1v) is 10.5. The maximum absolute atomic E-state index is 12.8. The second-order valence-electron chi connectivity index (χ2n) is 6.83. The van der Waals surface area contributed by atoms with E-state index in [0.717, 1.165) is 5.56 Å². The summed E-state index contributed by atoms with van der Waals surface area (Å²) in [6.45, 7) is 1.27. The van der Waals surface area contributed by atoms with Crippen molar-refractivity contribution < 1.29 is 24.7 Å². The molecule has 10 heteroatoms. The molecule has 1 saturated heterocycles. The lowest BCUT2D eigenvalue weighted by Crippen LogP contribution is -2.47. The number of hydrogen-bond donors (Lipinski definition) is 4. The molecule has 0 aliphatic carbocycles. The summed E-state index contributed by atoms with van der Waals surface area (Å²) in [5.41, 5.74) is 2.29. The fourth-order valence-corrected chi connectivity index (χ4v) is 4.62. The van der Waals surface area contributed by atoms with Crippen molar-refractivity contribution in [3.63, 3.8) is 0 Å². The molecule has 1 aliphatic rings. The molecule has 0 radical (unpaired) electrons. The Labute approximate surface area is 183 Å². The summed E-state index contributed by atoms with van der Waals surface area (Å²) in [5, 5.41) is 26.2. The van der Waals surface area contributed by atoms with Crippen LogP contribution in [0.15, 0.2) is 59.8 Å². The Bertz CT molecular complexity index is 998. The summed E-state index contributed by atoms with van der Waals surface area (Å²) in [6.07, 6.45) is 0. The molecule has 0 bridgehead atoms. The summed E-state index contributed by atoms with van der Waals surface area (Å²) < 4.78 is 0. The van der Waals surface area contributed by atoms with Gasteiger partial charge >= 0.3 is 12.0 Å². The zero-order chi connectivity index (χ0) is 22.4. The highest BCUT2D eigenvalue weighted by Gasteiger charge is 2.42. The highest BCUT2D eigenvalue weighted by molar-refractivity contribution is 7.99. The average molecular weight is 442 g/mol. The lowest BCUT2D eigenvalue weighted by atomic mass is 10.1. The van der Waals surface area contributed by atoms with Crippen molar-refractivity contribution in [2.45, 2.75) is 18.3 Å². The van der Waals surface area contributed by atoms with E-state index in [4.69, 9.17) is 5.21 Å². The average Bonchev–Trinajstić information content (AvgIpc) is 3.23. The Balaban J connectivity index is 1.65. The number of hydrogen-bond acceptors (Lipinski definition) is 6. The van der Waals surface area contributed by atoms with Gasteiger partial charge < -0.3 is 25.8 Å². The smallest absolute Gasteiger partial charge is 0.327 e. The molecule has 2 aromatic rings. The van der Waals surface area contributed by atoms with E-state index in [-0.39, 0.29) is 12.3 Å². The quantitative estimate of drug-likeness (QED) is 0.309. The van der Waals surface area contributed by atoms with Crippen LogP contribution in [0.1, 0.15) is 23.4 Å². The Kier molecular flexibility index (Phi) is 7.14. The Morgan fingerprint density at radius 3 is 2.58 bits per heavy atom. The molecule has 9 nitrogen and oxygen atoms in total. The number of nitrogens with zero attached hydrogens (tertiary/aromatic N) is 2. The van der Waals surface area contributed by atoms with Gasteiger partial charge in [0.2, 0.25) is 5.91 Å². The van der Waals surface area contributed by atoms with Gasteiger partial charge in [0.25, 0.3) is 0 Å². The van der Waals surface area contributed by atoms with E-state index in [9.17, 15) is 19.5 Å². The molecule has 4 N–H and O–H groups in total. The standard InChI is InChI=1S/C21H22N4O5S/c1-13(24-30)15-8-5-9-16(10-15)23-21(29)22-11-18(26)25-17(20(27)28)12-31-19(25)14-6-3-2-4-7-14/h2-10,17,19,30H,11-12H2,1H3,(H,27,28)(H2,22,23,29)/t17-,19+/m0/s1. The van der Waals surface area contributed by atoms with Gasteiger partial charge in [-0.05, 0) is 24.6 Å². The third-order valence-electron chi connectivity index (χ3n) is 4.75. The maximum atomic E-state index is 12.8. The van der Waals surface area contributed by atoms with Crippen LogP contribution in [-0.2, 0) is 9.59 Å². The Morgan fingerprint density at radius 1 is 1.16 bits per heavy atom. The number of thioether (sulfide) groups is 1. The monoisotopic (exact) mass is 442 g/mol. The minimum Gasteiger partial charge on any atom is -0.480 e. The van der Waals surface area contributed by atoms with E-state index in [1.165, 1.54) is 16.7 Å². The molecule has 0 aromatic heterocycles. The molecule has 1 aliphatic heterocycles. The number of carboxylic acids is 1. The normalized spacial score (nSPS) is 18.5. The van der Waals surface area contributed by atoms with Crippen LogP contribution < -0.4 is 10.6 Å². The van der Waals surface area contributed by atoms with Crippen LogP contribution in [0.25, 0.3) is 0 Å². The van der Waals surface area contributed by atoms with Gasteiger partial charge in [-0.15, -0.1) is 11.8 Å². The molecule has 0 spiro atoms. The first kappa shape index (κ1) is 22.2. The van der Waals surface area contributed by atoms with Crippen LogP contribution in [-0.4, -0.2) is 57.2 Å². The summed E-state index contributed by atoms with van der Waals surface area (Å²) in [5.74, 6) is -1.30. The van der Waals surface area contributed by atoms with Gasteiger partial charge in [0.05, 0.1) is 12.3 Å². The van der Waals surface area contributed by atoms with Crippen molar-refractivity contribution in [3.05, 3.63) is 65.7 Å². The van der Waals surface area contributed by atoms with Crippen LogP contribution in [0.4, 0.5) is 10.5 Å². The molecule has 2 aromatic carbocycles. The van der Waals surface area contributed by atoms with Gasteiger partial charge in [-0.3, -0.25) is 4.79 Å². The molecule has 162 valence electrons. The fourth-order valence-electron chi connectivity index (χ4n) is 3.18. The van der Waals surface area contributed by atoms with Crippen molar-refractivity contribution >= 4 is 41.1 Å². The van der Waals surface area contributed by atoms with Crippen LogP contribution in [0.2, 0.25) is 0 Å². The number of rotatable bonds is 6. The summed E-state index contributed by atoms with van der Waals surface area (Å²) in [4.78, 5) is 38.1. The second-order valence-corrected chi connectivity index (χ2v) is 7.94. The third kappa shape index (κ3) is 5.34. The molecular weight excluding hydrogens is 420 g/mol. The number of amides is 3. The van der Waals surface area contributed by atoms with E-state index in [2.05, 4.69) is 15.8 Å². The molecule has 3 amide bonds. The van der Waals surface area contributed by atoms with Gasteiger partial charge in [0, 0.05) is 17.0 Å². The van der Waals surface area contributed by atoms with Gasteiger partial charge in [-0.1, -0.05) is 47.6 Å². The van der Waals surface area contributed by atoms with Gasteiger partial charge in [0.1, 0.15) is 11.4 Å². The van der Waals surface area contributed by atoms with Crippen molar-refractivity contribution in [1.29, 1.82) is 0 Å². The molecule has 0 saturated carbocycles. The van der Waals surface area contributed by atoms with Gasteiger partial charge in [0.15, 0.2) is 0 Å². The second kappa shape index (κ2) is 9.98. The van der Waals surface area contributed by atoms with E-state index in [1.807, 2.05) is 30.3 Å². The zero-order valence-corrected chi connectivity index (χ0v) is 17.5. The minimum absolute atomic E-state index is 0.269. The van der Waals surface area contributed by atoms with E-state index < -0.39 is 29.3 Å². The maximum Gasteiger partial charge on any atom is 0.327 e. The summed E-state index contributed by atoms with van der Waals surface area (Å²) in [6, 6.07) is 14.3. The number of carbonyl (C=O) groups is 3. The summed E-state index contributed by atoms with van der Waals surface area (Å²) >= 11 is 1.38. The molecule has 1 fully saturated rings. The minimum atomic E-state index is -1.08. The predicted molar refractivity (Wildman–Crippen MR) is 117 cm³/mol. The SMILES string of the molecule is CC(=NO)c1cccc(NC(=O)NCC(=O)N2[C@@H](c3ccccc3)SC[C@H]2C(=O)O)c1. The highest BCUT2D eigenvalue weighted by Crippen LogP contribution is 2.41. The number of nitrogens with one attached hydrogen (secondary N) is 2. The van der Waals surface area contributed by atoms with Crippen molar-refractivity contribution in [1.82, 2.24) is 10.2 Å². The largest absolute Gasteiger partial charge is 0.480 e. The predicted octanol–water partition coefficient (Wildman–Crippen LogP) is 2.73. The van der Waals surface area contributed by atoms with Gasteiger partial charge in [-0.25, -0.2) is 9.59 Å². The molecule has 2 atom stereocenters.